The van der Waals surface area contributed by atoms with Crippen LogP contribution in [0.4, 0.5) is 5.95 Å². The Morgan fingerprint density at radius 2 is 2.29 bits per heavy atom. The standard InChI is InChI=1S/C12H17N5/c13-9-10-5-1-3-7-16(10)12-14-11-6-2-4-8-17(11)15-12/h2,4,6,8,10H,1,3,5,7,9,13H2. The molecule has 1 unspecified atom stereocenters. The number of hydrogen-bond acceptors (Lipinski definition) is 4. The van der Waals surface area contributed by atoms with Gasteiger partial charge in [0.05, 0.1) is 0 Å². The van der Waals surface area contributed by atoms with Gasteiger partial charge in [-0.05, 0) is 31.4 Å². The lowest BCUT2D eigenvalue weighted by Crippen LogP contribution is -2.44. The van der Waals surface area contributed by atoms with Crippen LogP contribution in [0.5, 0.6) is 0 Å². The third-order valence-electron chi connectivity index (χ3n) is 3.39. The molecule has 5 heteroatoms. The summed E-state index contributed by atoms with van der Waals surface area (Å²) in [6, 6.07) is 6.30. The van der Waals surface area contributed by atoms with Crippen LogP contribution in [-0.4, -0.2) is 33.7 Å². The van der Waals surface area contributed by atoms with E-state index in [9.17, 15) is 0 Å². The van der Waals surface area contributed by atoms with Crippen LogP contribution in [0.3, 0.4) is 0 Å². The predicted octanol–water partition coefficient (Wildman–Crippen LogP) is 1.05. The predicted molar refractivity (Wildman–Crippen MR) is 67.0 cm³/mol. The van der Waals surface area contributed by atoms with Crippen molar-refractivity contribution in [1.82, 2.24) is 14.6 Å². The molecule has 2 aromatic heterocycles. The average Bonchev–Trinajstić information content (AvgIpc) is 2.82. The lowest BCUT2D eigenvalue weighted by molar-refractivity contribution is 0.458. The monoisotopic (exact) mass is 231 g/mol. The molecular formula is C12H17N5. The van der Waals surface area contributed by atoms with Crippen LogP contribution in [0.2, 0.25) is 0 Å². The Bertz CT molecular complexity index is 473. The van der Waals surface area contributed by atoms with E-state index < -0.39 is 0 Å². The van der Waals surface area contributed by atoms with Crippen molar-refractivity contribution >= 4 is 11.6 Å². The van der Waals surface area contributed by atoms with Gasteiger partial charge >= 0.3 is 0 Å². The maximum Gasteiger partial charge on any atom is 0.245 e. The molecule has 17 heavy (non-hydrogen) atoms. The second-order valence-electron chi connectivity index (χ2n) is 4.49. The zero-order chi connectivity index (χ0) is 11.7. The van der Waals surface area contributed by atoms with Gasteiger partial charge in [-0.25, -0.2) is 4.52 Å². The van der Waals surface area contributed by atoms with Gasteiger partial charge in [0.15, 0.2) is 5.65 Å². The molecule has 2 N–H and O–H groups in total. The summed E-state index contributed by atoms with van der Waals surface area (Å²) in [5.74, 6) is 0.811. The van der Waals surface area contributed by atoms with Crippen molar-refractivity contribution in [3.63, 3.8) is 0 Å². The van der Waals surface area contributed by atoms with Crippen molar-refractivity contribution in [3.8, 4) is 0 Å². The highest BCUT2D eigenvalue weighted by atomic mass is 15.4. The quantitative estimate of drug-likeness (QED) is 0.839. The van der Waals surface area contributed by atoms with Crippen molar-refractivity contribution in [1.29, 1.82) is 0 Å². The fraction of sp³-hybridized carbons (Fsp3) is 0.500. The Morgan fingerprint density at radius 1 is 1.35 bits per heavy atom. The highest BCUT2D eigenvalue weighted by Gasteiger charge is 2.24. The lowest BCUT2D eigenvalue weighted by Gasteiger charge is -2.33. The molecule has 0 amide bonds. The molecule has 0 saturated carbocycles. The number of nitrogens with two attached hydrogens (primary N) is 1. The Kier molecular flexibility index (Phi) is 2.68. The molecule has 1 aliphatic heterocycles. The smallest absolute Gasteiger partial charge is 0.245 e. The lowest BCUT2D eigenvalue weighted by atomic mass is 10.0. The second-order valence-corrected chi connectivity index (χ2v) is 4.49. The van der Waals surface area contributed by atoms with E-state index in [2.05, 4.69) is 15.0 Å². The third kappa shape index (κ3) is 1.86. The molecule has 1 saturated heterocycles. The zero-order valence-corrected chi connectivity index (χ0v) is 9.79. The molecule has 3 rings (SSSR count). The highest BCUT2D eigenvalue weighted by Crippen LogP contribution is 2.21. The summed E-state index contributed by atoms with van der Waals surface area (Å²) >= 11 is 0. The number of pyridine rings is 1. The van der Waals surface area contributed by atoms with Gasteiger partial charge in [0.1, 0.15) is 0 Å². The van der Waals surface area contributed by atoms with Crippen molar-refractivity contribution < 1.29 is 0 Å². The molecule has 0 aliphatic carbocycles. The Hall–Kier alpha value is -1.62. The second kappa shape index (κ2) is 4.33. The first-order valence-electron chi connectivity index (χ1n) is 6.16. The number of rotatable bonds is 2. The van der Waals surface area contributed by atoms with Gasteiger partial charge in [-0.1, -0.05) is 6.07 Å². The van der Waals surface area contributed by atoms with Crippen molar-refractivity contribution in [2.45, 2.75) is 25.3 Å². The molecule has 2 aromatic rings. The minimum absolute atomic E-state index is 0.390. The Labute approximate surface area is 100 Å². The van der Waals surface area contributed by atoms with Crippen molar-refractivity contribution in [3.05, 3.63) is 24.4 Å². The number of nitrogens with zero attached hydrogens (tertiary/aromatic N) is 4. The van der Waals surface area contributed by atoms with E-state index in [1.165, 1.54) is 12.8 Å². The van der Waals surface area contributed by atoms with Crippen LogP contribution in [0, 0.1) is 0 Å². The highest BCUT2D eigenvalue weighted by molar-refractivity contribution is 5.45. The van der Waals surface area contributed by atoms with Crippen LogP contribution < -0.4 is 10.6 Å². The van der Waals surface area contributed by atoms with Gasteiger partial charge in [-0.2, -0.15) is 4.98 Å². The molecule has 1 atom stereocenters. The third-order valence-corrected chi connectivity index (χ3v) is 3.39. The van der Waals surface area contributed by atoms with Gasteiger partial charge in [0.2, 0.25) is 5.95 Å². The summed E-state index contributed by atoms with van der Waals surface area (Å²) in [7, 11) is 0. The molecule has 5 nitrogen and oxygen atoms in total. The fourth-order valence-corrected chi connectivity index (χ4v) is 2.45. The summed E-state index contributed by atoms with van der Waals surface area (Å²) in [6.45, 7) is 1.69. The fourth-order valence-electron chi connectivity index (χ4n) is 2.45. The minimum Gasteiger partial charge on any atom is -0.335 e. The number of aromatic nitrogens is 3. The molecule has 0 aromatic carbocycles. The van der Waals surface area contributed by atoms with E-state index in [1.807, 2.05) is 28.9 Å². The number of hydrogen-bond donors (Lipinski definition) is 1. The van der Waals surface area contributed by atoms with E-state index in [0.717, 1.165) is 24.6 Å². The summed E-state index contributed by atoms with van der Waals surface area (Å²) in [5.41, 5.74) is 6.71. The van der Waals surface area contributed by atoms with Gasteiger partial charge in [-0.15, -0.1) is 5.10 Å². The largest absolute Gasteiger partial charge is 0.335 e. The topological polar surface area (TPSA) is 59.5 Å². The minimum atomic E-state index is 0.390. The normalized spacial score (nSPS) is 21.0. The zero-order valence-electron chi connectivity index (χ0n) is 9.79. The molecule has 0 spiro atoms. The van der Waals surface area contributed by atoms with Gasteiger partial charge in [-0.3, -0.25) is 0 Å². The summed E-state index contributed by atoms with van der Waals surface area (Å²) in [6.07, 6.45) is 5.52. The van der Waals surface area contributed by atoms with E-state index in [1.54, 1.807) is 0 Å². The van der Waals surface area contributed by atoms with Crippen molar-refractivity contribution in [2.75, 3.05) is 18.0 Å². The molecular weight excluding hydrogens is 214 g/mol. The first-order chi connectivity index (χ1) is 8.38. The van der Waals surface area contributed by atoms with Crippen LogP contribution in [0.1, 0.15) is 19.3 Å². The van der Waals surface area contributed by atoms with E-state index in [-0.39, 0.29) is 0 Å². The van der Waals surface area contributed by atoms with Gasteiger partial charge in [0, 0.05) is 25.3 Å². The van der Waals surface area contributed by atoms with Crippen LogP contribution in [-0.2, 0) is 0 Å². The van der Waals surface area contributed by atoms with E-state index in [0.29, 0.717) is 12.6 Å². The molecule has 0 bridgehead atoms. The molecule has 90 valence electrons. The van der Waals surface area contributed by atoms with E-state index in [4.69, 9.17) is 5.73 Å². The number of piperidine rings is 1. The summed E-state index contributed by atoms with van der Waals surface area (Å²) < 4.78 is 1.82. The molecule has 1 fully saturated rings. The summed E-state index contributed by atoms with van der Waals surface area (Å²) in [5, 5.41) is 4.51. The molecule has 3 heterocycles. The SMILES string of the molecule is NCC1CCCCN1c1nc2ccccn2n1. The first-order valence-corrected chi connectivity index (χ1v) is 6.16. The Morgan fingerprint density at radius 3 is 3.12 bits per heavy atom. The van der Waals surface area contributed by atoms with Gasteiger partial charge < -0.3 is 10.6 Å². The van der Waals surface area contributed by atoms with Crippen LogP contribution >= 0.6 is 0 Å². The molecule has 1 aliphatic rings. The first kappa shape index (κ1) is 10.5. The summed E-state index contributed by atoms with van der Waals surface area (Å²) in [4.78, 5) is 6.80. The van der Waals surface area contributed by atoms with E-state index >= 15 is 0 Å². The van der Waals surface area contributed by atoms with Crippen molar-refractivity contribution in [2.24, 2.45) is 5.73 Å². The van der Waals surface area contributed by atoms with Gasteiger partial charge in [0.25, 0.3) is 0 Å². The Balaban J connectivity index is 1.96. The van der Waals surface area contributed by atoms with Crippen LogP contribution in [0.25, 0.3) is 5.65 Å². The maximum absolute atomic E-state index is 5.82. The maximum atomic E-state index is 5.82. The molecule has 0 radical (unpaired) electrons. The number of anilines is 1. The number of fused-ring (bicyclic) bond motifs is 1. The van der Waals surface area contributed by atoms with Crippen LogP contribution in [0.15, 0.2) is 24.4 Å². The average molecular weight is 231 g/mol.